The highest BCUT2D eigenvalue weighted by molar-refractivity contribution is 6.30. The van der Waals surface area contributed by atoms with Gasteiger partial charge >= 0.3 is 11.9 Å². The third-order valence-corrected chi connectivity index (χ3v) is 5.68. The molecule has 4 N–H and O–H groups in total. The van der Waals surface area contributed by atoms with E-state index >= 15 is 0 Å². The number of alkyl halides is 3. The first-order valence-electron chi connectivity index (χ1n) is 11.0. The standard InChI is InChI=1S/C22H23ClF3N9O2/c1-12(27)19-30-18(31-35(19)16-9-29-8-7-15(16)28-2)11-34-21(37)33(10-17(36)22(24,25)26)20(32-34)13-3-5-14(23)6-4-13/h3-9,12,17,36H,10-11,27H2,1-2H3,(H,28,29). The van der Waals surface area contributed by atoms with Crippen molar-refractivity contribution in [3.8, 4) is 17.1 Å². The number of halogens is 4. The van der Waals surface area contributed by atoms with E-state index in [1.54, 1.807) is 32.4 Å². The molecule has 4 aromatic rings. The molecule has 0 saturated heterocycles. The first kappa shape index (κ1) is 26.3. The Morgan fingerprint density at radius 3 is 2.51 bits per heavy atom. The fraction of sp³-hybridized carbons (Fsp3) is 0.318. The molecule has 15 heteroatoms. The molecule has 196 valence electrons. The average Bonchev–Trinajstić information content (AvgIpc) is 3.41. The molecular formula is C22H23ClF3N9O2. The summed E-state index contributed by atoms with van der Waals surface area (Å²) in [5.74, 6) is 0.433. The van der Waals surface area contributed by atoms with Gasteiger partial charge in [0, 0.05) is 23.8 Å². The van der Waals surface area contributed by atoms with Gasteiger partial charge in [-0.1, -0.05) is 11.6 Å². The Balaban J connectivity index is 1.78. The Morgan fingerprint density at radius 2 is 1.89 bits per heavy atom. The molecule has 4 rings (SSSR count). The number of hydrogen-bond donors (Lipinski definition) is 3. The number of rotatable bonds is 8. The van der Waals surface area contributed by atoms with Crippen LogP contribution in [0.2, 0.25) is 5.02 Å². The van der Waals surface area contributed by atoms with Crippen LogP contribution in [0.15, 0.2) is 47.5 Å². The van der Waals surface area contributed by atoms with E-state index in [0.29, 0.717) is 27.8 Å². The Labute approximate surface area is 213 Å². The summed E-state index contributed by atoms with van der Waals surface area (Å²) in [6.07, 6.45) is -4.55. The van der Waals surface area contributed by atoms with Crippen molar-refractivity contribution in [3.63, 3.8) is 0 Å². The van der Waals surface area contributed by atoms with Gasteiger partial charge in [0.1, 0.15) is 18.1 Å². The second-order valence-corrected chi connectivity index (χ2v) is 8.60. The molecule has 3 aromatic heterocycles. The fourth-order valence-corrected chi connectivity index (χ4v) is 3.73. The number of hydrogen-bond acceptors (Lipinski definition) is 8. The molecule has 0 bridgehead atoms. The van der Waals surface area contributed by atoms with Gasteiger partial charge in [0.25, 0.3) is 0 Å². The minimum absolute atomic E-state index is 0.0819. The first-order chi connectivity index (χ1) is 17.5. The second-order valence-electron chi connectivity index (χ2n) is 8.17. The van der Waals surface area contributed by atoms with Crippen LogP contribution in [0, 0.1) is 0 Å². The van der Waals surface area contributed by atoms with Gasteiger partial charge in [-0.15, -0.1) is 10.2 Å². The number of aromatic nitrogens is 7. The molecular weight excluding hydrogens is 515 g/mol. The van der Waals surface area contributed by atoms with E-state index in [-0.39, 0.29) is 18.2 Å². The van der Waals surface area contributed by atoms with Crippen molar-refractivity contribution in [1.82, 2.24) is 34.1 Å². The number of nitrogens with zero attached hydrogens (tertiary/aromatic N) is 7. The van der Waals surface area contributed by atoms with Crippen LogP contribution >= 0.6 is 11.6 Å². The molecule has 0 spiro atoms. The lowest BCUT2D eigenvalue weighted by Gasteiger charge is -2.15. The van der Waals surface area contributed by atoms with Gasteiger partial charge in [0.2, 0.25) is 0 Å². The topological polar surface area (TPSA) is 142 Å². The van der Waals surface area contributed by atoms with Crippen molar-refractivity contribution in [3.05, 3.63) is 69.9 Å². The zero-order chi connectivity index (χ0) is 26.9. The SMILES string of the molecule is CNc1ccncc1-n1nc(Cn2nc(-c3ccc(Cl)cc3)n(CC(O)C(F)(F)F)c2=O)nc1C(C)N. The summed E-state index contributed by atoms with van der Waals surface area (Å²) in [5.41, 5.74) is 6.80. The van der Waals surface area contributed by atoms with Crippen LogP contribution in [0.4, 0.5) is 18.9 Å². The second kappa shape index (κ2) is 10.3. The molecule has 0 aliphatic carbocycles. The van der Waals surface area contributed by atoms with Gasteiger partial charge in [0.05, 0.1) is 24.5 Å². The summed E-state index contributed by atoms with van der Waals surface area (Å²) < 4.78 is 42.5. The molecule has 0 radical (unpaired) electrons. The minimum atomic E-state index is -4.93. The van der Waals surface area contributed by atoms with Crippen molar-refractivity contribution in [1.29, 1.82) is 0 Å². The molecule has 0 aliphatic rings. The lowest BCUT2D eigenvalue weighted by atomic mass is 10.2. The van der Waals surface area contributed by atoms with E-state index in [1.807, 2.05) is 0 Å². The molecule has 0 aliphatic heterocycles. The van der Waals surface area contributed by atoms with Crippen LogP contribution < -0.4 is 16.7 Å². The predicted molar refractivity (Wildman–Crippen MR) is 129 cm³/mol. The number of aliphatic hydroxyl groups excluding tert-OH is 1. The van der Waals surface area contributed by atoms with Crippen LogP contribution in [-0.4, -0.2) is 58.5 Å². The van der Waals surface area contributed by atoms with Gasteiger partial charge < -0.3 is 16.2 Å². The normalized spacial score (nSPS) is 13.5. The quantitative estimate of drug-likeness (QED) is 0.311. The predicted octanol–water partition coefficient (Wildman–Crippen LogP) is 2.37. The van der Waals surface area contributed by atoms with E-state index in [1.165, 1.54) is 28.9 Å². The Morgan fingerprint density at radius 1 is 1.19 bits per heavy atom. The monoisotopic (exact) mass is 537 g/mol. The summed E-state index contributed by atoms with van der Waals surface area (Å²) in [7, 11) is 1.72. The van der Waals surface area contributed by atoms with Crippen molar-refractivity contribution in [2.75, 3.05) is 12.4 Å². The molecule has 0 amide bonds. The fourth-order valence-electron chi connectivity index (χ4n) is 3.61. The third kappa shape index (κ3) is 5.50. The number of nitrogens with one attached hydrogen (secondary N) is 1. The summed E-state index contributed by atoms with van der Waals surface area (Å²) in [5, 5.41) is 21.8. The molecule has 0 fully saturated rings. The summed E-state index contributed by atoms with van der Waals surface area (Å²) in [6.45, 7) is 0.392. The molecule has 2 unspecified atom stereocenters. The lowest BCUT2D eigenvalue weighted by Crippen LogP contribution is -2.37. The average molecular weight is 538 g/mol. The van der Waals surface area contributed by atoms with Gasteiger partial charge in [-0.25, -0.2) is 19.1 Å². The molecule has 37 heavy (non-hydrogen) atoms. The highest BCUT2D eigenvalue weighted by Crippen LogP contribution is 2.25. The summed E-state index contributed by atoms with van der Waals surface area (Å²) in [4.78, 5) is 21.7. The molecule has 2 atom stereocenters. The van der Waals surface area contributed by atoms with Crippen molar-refractivity contribution < 1.29 is 18.3 Å². The minimum Gasteiger partial charge on any atom is -0.386 e. The molecule has 0 saturated carbocycles. The summed E-state index contributed by atoms with van der Waals surface area (Å²) >= 11 is 5.92. The van der Waals surface area contributed by atoms with Gasteiger partial charge in [-0.2, -0.15) is 13.2 Å². The van der Waals surface area contributed by atoms with Crippen LogP contribution in [0.5, 0.6) is 0 Å². The number of aliphatic hydroxyl groups is 1. The van der Waals surface area contributed by atoms with E-state index in [4.69, 9.17) is 17.3 Å². The first-order valence-corrected chi connectivity index (χ1v) is 11.4. The summed E-state index contributed by atoms with van der Waals surface area (Å²) in [6, 6.07) is 7.22. The van der Waals surface area contributed by atoms with Crippen molar-refractivity contribution >= 4 is 17.3 Å². The molecule has 3 heterocycles. The Bertz CT molecular complexity index is 1450. The zero-order valence-electron chi connectivity index (χ0n) is 19.7. The molecule has 1 aromatic carbocycles. The number of nitrogens with two attached hydrogens (primary N) is 1. The smallest absolute Gasteiger partial charge is 0.386 e. The van der Waals surface area contributed by atoms with E-state index in [9.17, 15) is 23.1 Å². The number of pyridine rings is 1. The van der Waals surface area contributed by atoms with Crippen molar-refractivity contribution in [2.45, 2.75) is 38.3 Å². The van der Waals surface area contributed by atoms with Gasteiger partial charge in [-0.05, 0) is 37.3 Å². The van der Waals surface area contributed by atoms with Crippen LogP contribution in [0.25, 0.3) is 17.1 Å². The maximum atomic E-state index is 13.1. The maximum Gasteiger partial charge on any atom is 0.416 e. The van der Waals surface area contributed by atoms with Gasteiger partial charge in [0.15, 0.2) is 17.8 Å². The Hall–Kier alpha value is -3.75. The van der Waals surface area contributed by atoms with Crippen LogP contribution in [-0.2, 0) is 13.1 Å². The number of benzene rings is 1. The van der Waals surface area contributed by atoms with Crippen molar-refractivity contribution in [2.24, 2.45) is 5.73 Å². The van der Waals surface area contributed by atoms with E-state index in [2.05, 4.69) is 25.5 Å². The lowest BCUT2D eigenvalue weighted by molar-refractivity contribution is -0.207. The maximum absolute atomic E-state index is 13.1. The van der Waals surface area contributed by atoms with Gasteiger partial charge in [-0.3, -0.25) is 9.55 Å². The number of anilines is 1. The highest BCUT2D eigenvalue weighted by atomic mass is 35.5. The van der Waals surface area contributed by atoms with Crippen LogP contribution in [0.1, 0.15) is 24.6 Å². The largest absolute Gasteiger partial charge is 0.416 e. The third-order valence-electron chi connectivity index (χ3n) is 5.43. The van der Waals surface area contributed by atoms with E-state index < -0.39 is 30.6 Å². The molecule has 11 nitrogen and oxygen atoms in total. The zero-order valence-corrected chi connectivity index (χ0v) is 20.4. The Kier molecular flexibility index (Phi) is 7.34. The van der Waals surface area contributed by atoms with E-state index in [0.717, 1.165) is 9.25 Å². The van der Waals surface area contributed by atoms with Crippen LogP contribution in [0.3, 0.4) is 0 Å². The highest BCUT2D eigenvalue weighted by Gasteiger charge is 2.39.